The highest BCUT2D eigenvalue weighted by Gasteiger charge is 2.24. The van der Waals surface area contributed by atoms with E-state index in [1.54, 1.807) is 0 Å². The second-order valence-electron chi connectivity index (χ2n) is 21.8. The molecule has 0 aromatic rings. The Balaban J connectivity index is 4.40. The molecule has 1 amide bonds. The number of nitrogens with one attached hydrogen (secondary N) is 1. The van der Waals surface area contributed by atoms with Crippen LogP contribution in [0.25, 0.3) is 0 Å². The summed E-state index contributed by atoms with van der Waals surface area (Å²) in [5.74, 6) is -0.441. The third kappa shape index (κ3) is 51.2. The third-order valence-corrected chi connectivity index (χ3v) is 14.9. The van der Waals surface area contributed by atoms with Gasteiger partial charge in [0.05, 0.1) is 25.2 Å². The molecule has 68 heavy (non-hydrogen) atoms. The predicted octanol–water partition coefficient (Wildman–Crippen LogP) is 19.5. The molecule has 0 radical (unpaired) electrons. The number of aliphatic hydroxyl groups excluding tert-OH is 2. The molecule has 3 atom stereocenters. The molecule has 3 unspecified atom stereocenters. The Hall–Kier alpha value is -1.14. The van der Waals surface area contributed by atoms with Crippen LogP contribution in [0, 0.1) is 0 Å². The Morgan fingerprint density at radius 2 is 0.618 bits per heavy atom. The number of carbonyl (C=O) groups excluding carboxylic acids is 2. The van der Waals surface area contributed by atoms with Gasteiger partial charge in [0.2, 0.25) is 5.91 Å². The van der Waals surface area contributed by atoms with Gasteiger partial charge in [-0.1, -0.05) is 323 Å². The zero-order valence-electron chi connectivity index (χ0n) is 46.5. The summed E-state index contributed by atoms with van der Waals surface area (Å²) in [5, 5.41) is 24.0. The molecule has 3 N–H and O–H groups in total. The first-order chi connectivity index (χ1) is 33.5. The molecule has 0 rings (SSSR count). The molecule has 6 nitrogen and oxygen atoms in total. The molecule has 0 saturated carbocycles. The molecule has 0 aromatic heterocycles. The van der Waals surface area contributed by atoms with E-state index in [0.717, 1.165) is 38.5 Å². The number of carbonyl (C=O) groups is 2. The zero-order chi connectivity index (χ0) is 49.5. The van der Waals surface area contributed by atoms with Crippen LogP contribution in [-0.2, 0) is 14.3 Å². The zero-order valence-corrected chi connectivity index (χ0v) is 46.5. The molecule has 0 heterocycles. The fourth-order valence-corrected chi connectivity index (χ4v) is 10.2. The van der Waals surface area contributed by atoms with Crippen molar-refractivity contribution < 1.29 is 24.5 Å². The number of unbranched alkanes of at least 4 members (excludes halogenated alkanes) is 46. The van der Waals surface area contributed by atoms with Gasteiger partial charge in [-0.05, 0) is 25.7 Å². The van der Waals surface area contributed by atoms with Crippen LogP contribution in [0.1, 0.15) is 361 Å². The van der Waals surface area contributed by atoms with Crippen molar-refractivity contribution in [3.63, 3.8) is 0 Å². The van der Waals surface area contributed by atoms with Crippen LogP contribution in [0.2, 0.25) is 0 Å². The number of esters is 1. The van der Waals surface area contributed by atoms with E-state index in [0.29, 0.717) is 19.3 Å². The van der Waals surface area contributed by atoms with Gasteiger partial charge >= 0.3 is 5.97 Å². The maximum atomic E-state index is 13.3. The number of aliphatic hydroxyl groups is 2. The van der Waals surface area contributed by atoms with Crippen molar-refractivity contribution in [3.05, 3.63) is 0 Å². The molecule has 0 aliphatic carbocycles. The molecule has 0 saturated heterocycles. The van der Waals surface area contributed by atoms with Gasteiger partial charge in [-0.2, -0.15) is 0 Å². The minimum Gasteiger partial charge on any atom is -0.462 e. The second kappa shape index (κ2) is 56.8. The lowest BCUT2D eigenvalue weighted by atomic mass is 10.0. The minimum absolute atomic E-state index is 0.0888. The maximum absolute atomic E-state index is 13.3. The minimum atomic E-state index is -0.781. The Bertz CT molecular complexity index is 990. The summed E-state index contributed by atoms with van der Waals surface area (Å²) in [4.78, 5) is 26.3. The number of hydrogen-bond donors (Lipinski definition) is 3. The molecule has 0 aromatic carbocycles. The topological polar surface area (TPSA) is 95.9 Å². The molecular formula is C62H123NO5. The highest BCUT2D eigenvalue weighted by atomic mass is 16.5. The molecule has 0 fully saturated rings. The summed E-state index contributed by atoms with van der Waals surface area (Å²) >= 11 is 0. The second-order valence-corrected chi connectivity index (χ2v) is 21.8. The van der Waals surface area contributed by atoms with Crippen LogP contribution in [0.4, 0.5) is 0 Å². The molecule has 0 aliphatic heterocycles. The van der Waals surface area contributed by atoms with Crippen molar-refractivity contribution in [2.75, 3.05) is 6.61 Å². The summed E-state index contributed by atoms with van der Waals surface area (Å²) in [7, 11) is 0. The van der Waals surface area contributed by atoms with Crippen LogP contribution in [-0.4, -0.2) is 46.9 Å². The SMILES string of the molecule is CCCCCCCCCCCCCCCCCCCCCC(=O)OC(CCCCCCCCCCCCCCC)CC(=O)NC(CO)C(O)CCCCCCCCCCCCCCCCCCC. The first-order valence-electron chi connectivity index (χ1n) is 31.3. The average Bonchev–Trinajstić information content (AvgIpc) is 3.33. The van der Waals surface area contributed by atoms with Gasteiger partial charge in [0.15, 0.2) is 0 Å². The molecule has 406 valence electrons. The van der Waals surface area contributed by atoms with Crippen molar-refractivity contribution in [2.24, 2.45) is 0 Å². The summed E-state index contributed by atoms with van der Waals surface area (Å²) in [6, 6.07) is -0.694. The van der Waals surface area contributed by atoms with Crippen LogP contribution in [0.15, 0.2) is 0 Å². The van der Waals surface area contributed by atoms with E-state index in [2.05, 4.69) is 26.1 Å². The first-order valence-corrected chi connectivity index (χ1v) is 31.3. The predicted molar refractivity (Wildman–Crippen MR) is 297 cm³/mol. The largest absolute Gasteiger partial charge is 0.462 e. The Morgan fingerprint density at radius 1 is 0.368 bits per heavy atom. The normalized spacial score (nSPS) is 13.0. The average molecular weight is 963 g/mol. The Morgan fingerprint density at radius 3 is 0.897 bits per heavy atom. The van der Waals surface area contributed by atoms with Crippen molar-refractivity contribution in [1.82, 2.24) is 5.32 Å². The van der Waals surface area contributed by atoms with Crippen molar-refractivity contribution in [2.45, 2.75) is 379 Å². The van der Waals surface area contributed by atoms with E-state index in [9.17, 15) is 19.8 Å². The molecule has 0 aliphatic rings. The molecule has 0 bridgehead atoms. The van der Waals surface area contributed by atoms with E-state index in [1.807, 2.05) is 0 Å². The van der Waals surface area contributed by atoms with Gasteiger partial charge in [0.25, 0.3) is 0 Å². The number of hydrogen-bond acceptors (Lipinski definition) is 5. The first kappa shape index (κ1) is 66.9. The quantitative estimate of drug-likeness (QED) is 0.0417. The fraction of sp³-hybridized carbons (Fsp3) is 0.968. The van der Waals surface area contributed by atoms with Gasteiger partial charge in [0.1, 0.15) is 6.10 Å². The van der Waals surface area contributed by atoms with Gasteiger partial charge in [-0.15, -0.1) is 0 Å². The van der Waals surface area contributed by atoms with Crippen molar-refractivity contribution >= 4 is 11.9 Å². The number of amides is 1. The highest BCUT2D eigenvalue weighted by Crippen LogP contribution is 2.20. The number of ether oxygens (including phenoxy) is 1. The lowest BCUT2D eigenvalue weighted by Crippen LogP contribution is -2.46. The fourth-order valence-electron chi connectivity index (χ4n) is 10.2. The van der Waals surface area contributed by atoms with Crippen LogP contribution in [0.3, 0.4) is 0 Å². The smallest absolute Gasteiger partial charge is 0.306 e. The van der Waals surface area contributed by atoms with Crippen LogP contribution in [0.5, 0.6) is 0 Å². The van der Waals surface area contributed by atoms with E-state index in [-0.39, 0.29) is 24.9 Å². The molecular weight excluding hydrogens is 839 g/mol. The Kier molecular flexibility index (Phi) is 55.8. The van der Waals surface area contributed by atoms with E-state index < -0.39 is 18.2 Å². The molecule has 6 heteroatoms. The van der Waals surface area contributed by atoms with Crippen LogP contribution >= 0.6 is 0 Å². The van der Waals surface area contributed by atoms with Crippen LogP contribution < -0.4 is 5.32 Å². The monoisotopic (exact) mass is 962 g/mol. The van der Waals surface area contributed by atoms with Crippen molar-refractivity contribution in [3.8, 4) is 0 Å². The van der Waals surface area contributed by atoms with E-state index in [4.69, 9.17) is 4.74 Å². The maximum Gasteiger partial charge on any atom is 0.306 e. The van der Waals surface area contributed by atoms with E-state index in [1.165, 1.54) is 276 Å². The van der Waals surface area contributed by atoms with Crippen molar-refractivity contribution in [1.29, 1.82) is 0 Å². The van der Waals surface area contributed by atoms with E-state index >= 15 is 0 Å². The summed E-state index contributed by atoms with van der Waals surface area (Å²) < 4.78 is 5.98. The highest BCUT2D eigenvalue weighted by molar-refractivity contribution is 5.77. The number of rotatable bonds is 58. The lowest BCUT2D eigenvalue weighted by Gasteiger charge is -2.24. The standard InChI is InChI=1S/C62H123NO5/c1-4-7-10-13-16-19-22-25-27-29-30-32-34-37-40-43-46-49-52-55-62(67)68-58(53-50-47-44-41-38-35-24-21-18-15-12-9-6-3)56-61(66)63-59(57-64)60(65)54-51-48-45-42-39-36-33-31-28-26-23-20-17-14-11-8-5-2/h58-60,64-65H,4-57H2,1-3H3,(H,63,66). The molecule has 0 spiro atoms. The Labute approximate surface area is 426 Å². The van der Waals surface area contributed by atoms with Gasteiger partial charge < -0.3 is 20.3 Å². The third-order valence-electron chi connectivity index (χ3n) is 14.9. The van der Waals surface area contributed by atoms with Gasteiger partial charge in [-0.25, -0.2) is 0 Å². The van der Waals surface area contributed by atoms with Gasteiger partial charge in [-0.3, -0.25) is 9.59 Å². The summed E-state index contributed by atoms with van der Waals surface area (Å²) in [6.07, 6.45) is 64.6. The summed E-state index contributed by atoms with van der Waals surface area (Å²) in [6.45, 7) is 6.55. The summed E-state index contributed by atoms with van der Waals surface area (Å²) in [5.41, 5.74) is 0. The lowest BCUT2D eigenvalue weighted by molar-refractivity contribution is -0.151. The van der Waals surface area contributed by atoms with Gasteiger partial charge in [0, 0.05) is 6.42 Å².